The Hall–Kier alpha value is -4.08. The highest BCUT2D eigenvalue weighted by molar-refractivity contribution is 6.35. The molecule has 2 amide bonds. The van der Waals surface area contributed by atoms with E-state index in [0.717, 1.165) is 5.56 Å². The van der Waals surface area contributed by atoms with E-state index in [0.29, 0.717) is 32.8 Å². The van der Waals surface area contributed by atoms with Crippen LogP contribution in [0.4, 0.5) is 4.79 Å². The Morgan fingerprint density at radius 2 is 1.97 bits per heavy atom. The van der Waals surface area contributed by atoms with Crippen LogP contribution in [0.1, 0.15) is 17.0 Å². The number of nitrogens with one attached hydrogen (secondary N) is 3. The normalized spacial score (nSPS) is 11.8. The number of aromatic amines is 1. The van der Waals surface area contributed by atoms with Gasteiger partial charge in [0.25, 0.3) is 5.91 Å². The molecule has 9 nitrogen and oxygen atoms in total. The summed E-state index contributed by atoms with van der Waals surface area (Å²) in [5, 5.41) is 7.51. The Bertz CT molecular complexity index is 1340. The van der Waals surface area contributed by atoms with E-state index in [9.17, 15) is 9.59 Å². The highest BCUT2D eigenvalue weighted by Crippen LogP contribution is 2.31. The van der Waals surface area contributed by atoms with E-state index in [2.05, 4.69) is 25.8 Å². The number of nitrogens with zero attached hydrogens (tertiary/aromatic N) is 2. The third-order valence-electron chi connectivity index (χ3n) is 4.99. The fraction of sp³-hybridized carbons (Fsp3) is 0.120. The van der Waals surface area contributed by atoms with Crippen molar-refractivity contribution in [2.45, 2.75) is 19.1 Å². The van der Waals surface area contributed by atoms with Crippen LogP contribution in [0, 0.1) is 0 Å². The number of amides is 2. The fourth-order valence-corrected chi connectivity index (χ4v) is 3.61. The van der Waals surface area contributed by atoms with E-state index in [1.165, 1.54) is 12.5 Å². The minimum absolute atomic E-state index is 0.0701. The number of H-pyrrole nitrogens is 1. The van der Waals surface area contributed by atoms with Crippen LogP contribution in [0.25, 0.3) is 11.3 Å². The number of aromatic nitrogens is 2. The lowest BCUT2D eigenvalue weighted by molar-refractivity contribution is -0.123. The number of carbonyl (C=O) groups is 2. The van der Waals surface area contributed by atoms with E-state index >= 15 is 0 Å². The molecule has 1 atom stereocenters. The van der Waals surface area contributed by atoms with Crippen molar-refractivity contribution in [1.82, 2.24) is 20.7 Å². The third-order valence-corrected chi connectivity index (χ3v) is 5.55. The monoisotopic (exact) mass is 525 g/mol. The van der Waals surface area contributed by atoms with Crippen LogP contribution in [0.5, 0.6) is 0 Å². The molecule has 0 aliphatic carbocycles. The van der Waals surface area contributed by atoms with E-state index < -0.39 is 18.0 Å². The molecule has 0 saturated carbocycles. The van der Waals surface area contributed by atoms with Crippen molar-refractivity contribution in [2.75, 3.05) is 0 Å². The molecular formula is C25H21Cl2N5O4. The Morgan fingerprint density at radius 1 is 1.14 bits per heavy atom. The molecule has 0 aliphatic heterocycles. The Kier molecular flexibility index (Phi) is 8.38. The minimum atomic E-state index is -0.969. The summed E-state index contributed by atoms with van der Waals surface area (Å²) in [5.41, 5.74) is 4.51. The molecule has 4 rings (SSSR count). The van der Waals surface area contributed by atoms with Crippen molar-refractivity contribution in [3.63, 3.8) is 0 Å². The first-order chi connectivity index (χ1) is 17.5. The molecule has 0 bridgehead atoms. The third kappa shape index (κ3) is 6.97. The average Bonchev–Trinajstić information content (AvgIpc) is 3.57. The van der Waals surface area contributed by atoms with Gasteiger partial charge in [-0.15, -0.1) is 0 Å². The molecule has 3 N–H and O–H groups in total. The molecule has 0 unspecified atom stereocenters. The molecule has 0 fully saturated rings. The van der Waals surface area contributed by atoms with Crippen molar-refractivity contribution in [3.8, 4) is 11.3 Å². The SMILES string of the molecule is O=C(N[C@@H](Cc1cnc[nH]1)C(=O)N/N=C\c1ccc(-c2cc(Cl)ccc2Cl)o1)OCc1ccccc1. The van der Waals surface area contributed by atoms with Gasteiger partial charge in [0.2, 0.25) is 0 Å². The number of hydrogen-bond acceptors (Lipinski definition) is 6. The minimum Gasteiger partial charge on any atom is -0.455 e. The summed E-state index contributed by atoms with van der Waals surface area (Å²) >= 11 is 12.3. The van der Waals surface area contributed by atoms with Crippen LogP contribution in [-0.2, 0) is 22.6 Å². The zero-order valence-electron chi connectivity index (χ0n) is 18.8. The molecule has 2 aromatic heterocycles. The lowest BCUT2D eigenvalue weighted by atomic mass is 10.1. The molecule has 0 saturated heterocycles. The van der Waals surface area contributed by atoms with Gasteiger partial charge in [-0.25, -0.2) is 15.2 Å². The van der Waals surface area contributed by atoms with Crippen LogP contribution < -0.4 is 10.7 Å². The molecule has 184 valence electrons. The molecule has 0 aliphatic rings. The maximum atomic E-state index is 12.8. The predicted octanol–water partition coefficient (Wildman–Crippen LogP) is 4.96. The van der Waals surface area contributed by atoms with Gasteiger partial charge in [-0.3, -0.25) is 4.79 Å². The number of halogens is 2. The van der Waals surface area contributed by atoms with Gasteiger partial charge >= 0.3 is 6.09 Å². The lowest BCUT2D eigenvalue weighted by Crippen LogP contribution is -2.47. The van der Waals surface area contributed by atoms with Crippen LogP contribution in [0.15, 0.2) is 82.7 Å². The molecular weight excluding hydrogens is 505 g/mol. The Labute approximate surface area is 216 Å². The van der Waals surface area contributed by atoms with Crippen molar-refractivity contribution in [1.29, 1.82) is 0 Å². The fourth-order valence-electron chi connectivity index (χ4n) is 3.22. The first-order valence-corrected chi connectivity index (χ1v) is 11.6. The summed E-state index contributed by atoms with van der Waals surface area (Å²) in [6.07, 6.45) is 3.79. The second-order valence-corrected chi connectivity index (χ2v) is 8.44. The largest absolute Gasteiger partial charge is 0.455 e. The molecule has 4 aromatic rings. The van der Waals surface area contributed by atoms with Crippen molar-refractivity contribution in [3.05, 3.63) is 100 Å². The van der Waals surface area contributed by atoms with Crippen LogP contribution in [-0.4, -0.2) is 34.2 Å². The van der Waals surface area contributed by atoms with E-state index in [-0.39, 0.29) is 13.0 Å². The highest BCUT2D eigenvalue weighted by Gasteiger charge is 2.22. The molecule has 36 heavy (non-hydrogen) atoms. The highest BCUT2D eigenvalue weighted by atomic mass is 35.5. The first kappa shape index (κ1) is 25.0. The van der Waals surface area contributed by atoms with Crippen LogP contribution in [0.2, 0.25) is 10.0 Å². The van der Waals surface area contributed by atoms with Gasteiger partial charge in [0, 0.05) is 28.9 Å². The Morgan fingerprint density at radius 3 is 2.75 bits per heavy atom. The van der Waals surface area contributed by atoms with Gasteiger partial charge in [0.1, 0.15) is 24.2 Å². The van der Waals surface area contributed by atoms with Gasteiger partial charge in [0.15, 0.2) is 0 Å². The van der Waals surface area contributed by atoms with Crippen molar-refractivity contribution >= 4 is 41.4 Å². The number of alkyl carbamates (subject to hydrolysis) is 1. The van der Waals surface area contributed by atoms with Crippen LogP contribution >= 0.6 is 23.2 Å². The molecule has 2 heterocycles. The van der Waals surface area contributed by atoms with Gasteiger partial charge in [-0.2, -0.15) is 5.10 Å². The molecule has 11 heteroatoms. The van der Waals surface area contributed by atoms with Crippen LogP contribution in [0.3, 0.4) is 0 Å². The van der Waals surface area contributed by atoms with E-state index in [1.807, 2.05) is 30.3 Å². The quantitative estimate of drug-likeness (QED) is 0.210. The second-order valence-electron chi connectivity index (χ2n) is 7.60. The zero-order valence-corrected chi connectivity index (χ0v) is 20.3. The summed E-state index contributed by atoms with van der Waals surface area (Å²) in [4.78, 5) is 32.0. The first-order valence-electron chi connectivity index (χ1n) is 10.8. The summed E-state index contributed by atoms with van der Waals surface area (Å²) in [6, 6.07) is 16.7. The average molecular weight is 526 g/mol. The number of carbonyl (C=O) groups excluding carboxylic acids is 2. The number of benzene rings is 2. The van der Waals surface area contributed by atoms with E-state index in [1.54, 1.807) is 36.5 Å². The van der Waals surface area contributed by atoms with E-state index in [4.69, 9.17) is 32.4 Å². The molecule has 2 aromatic carbocycles. The van der Waals surface area contributed by atoms with Gasteiger partial charge in [-0.1, -0.05) is 53.5 Å². The second kappa shape index (κ2) is 12.1. The Balaban J connectivity index is 1.37. The summed E-state index contributed by atoms with van der Waals surface area (Å²) in [5.74, 6) is 0.319. The van der Waals surface area contributed by atoms with Crippen molar-refractivity contribution < 1.29 is 18.7 Å². The molecule has 0 radical (unpaired) electrons. The number of imidazole rings is 1. The topological polar surface area (TPSA) is 122 Å². The summed E-state index contributed by atoms with van der Waals surface area (Å²) in [6.45, 7) is 0.0701. The zero-order chi connectivity index (χ0) is 25.3. The summed E-state index contributed by atoms with van der Waals surface area (Å²) < 4.78 is 11.0. The summed E-state index contributed by atoms with van der Waals surface area (Å²) in [7, 11) is 0. The lowest BCUT2D eigenvalue weighted by Gasteiger charge is -2.16. The number of furan rings is 1. The number of ether oxygens (including phenoxy) is 1. The van der Waals surface area contributed by atoms with Gasteiger partial charge < -0.3 is 19.5 Å². The van der Waals surface area contributed by atoms with Gasteiger partial charge in [0.05, 0.1) is 17.6 Å². The molecule has 0 spiro atoms. The predicted molar refractivity (Wildman–Crippen MR) is 136 cm³/mol. The number of rotatable bonds is 9. The maximum Gasteiger partial charge on any atom is 0.408 e. The van der Waals surface area contributed by atoms with Crippen molar-refractivity contribution in [2.24, 2.45) is 5.10 Å². The maximum absolute atomic E-state index is 12.8. The standard InChI is InChI=1S/C25H21Cl2N5O4/c26-17-6-8-21(27)20(10-17)23-9-7-19(36-23)13-30-32-24(33)22(11-18-12-28-15-29-18)31-25(34)35-14-16-4-2-1-3-5-16/h1-10,12-13,15,22H,11,14H2,(H,28,29)(H,31,34)(H,32,33)/b30-13-/t22-/m0/s1. The van der Waals surface area contributed by atoms with Gasteiger partial charge in [-0.05, 0) is 35.9 Å². The number of hydrogen-bond donors (Lipinski definition) is 3. The number of hydrazone groups is 1. The smallest absolute Gasteiger partial charge is 0.408 e.